The van der Waals surface area contributed by atoms with Crippen molar-refractivity contribution >= 4 is 23.6 Å². The van der Waals surface area contributed by atoms with Crippen LogP contribution in [0, 0.1) is 11.1 Å². The molecule has 11 heteroatoms. The first kappa shape index (κ1) is 18.7. The summed E-state index contributed by atoms with van der Waals surface area (Å²) < 4.78 is 39.0. The minimum absolute atomic E-state index is 0.0708. The minimum atomic E-state index is -4.45. The second-order valence-corrected chi connectivity index (χ2v) is 7.02. The van der Waals surface area contributed by atoms with Crippen molar-refractivity contribution in [3.63, 3.8) is 0 Å². The van der Waals surface area contributed by atoms with Gasteiger partial charge < -0.3 is 15.4 Å². The zero-order valence-corrected chi connectivity index (χ0v) is 15.0. The van der Waals surface area contributed by atoms with E-state index in [0.717, 1.165) is 12.1 Å². The van der Waals surface area contributed by atoms with Crippen molar-refractivity contribution in [2.45, 2.75) is 25.4 Å². The molecule has 0 saturated carbocycles. The van der Waals surface area contributed by atoms with E-state index in [2.05, 4.69) is 9.97 Å². The third-order valence-corrected chi connectivity index (χ3v) is 5.31. The number of likely N-dealkylation sites (tertiary alicyclic amines) is 1. The van der Waals surface area contributed by atoms with Crippen molar-refractivity contribution < 1.29 is 23.0 Å². The molecule has 28 heavy (non-hydrogen) atoms. The van der Waals surface area contributed by atoms with Crippen molar-refractivity contribution in [1.29, 1.82) is 0 Å². The standard InChI is InChI=1S/C17H19F3N6O2/c1-2-10-7-24(16(27)23-9-17(18,19)20)8-11(10)13-5-21-14-6-22-15-12(26(13)14)3-4-25(15)28/h3-6,10-11,25H,2,7-9H2,1H3,(H,23,27)/t10-,11+/m1/s1. The van der Waals surface area contributed by atoms with Crippen LogP contribution < -0.4 is 10.4 Å². The number of hydrogen-bond donors (Lipinski definition) is 2. The first-order valence-corrected chi connectivity index (χ1v) is 8.96. The SMILES string of the molecule is CC[C@@H]1CN(C(=O)NCC(F)(F)F)C[C@@H]1c1cnc2cnc3c(n12)C=C[NH+]3[O-]. The number of amides is 2. The van der Waals surface area contributed by atoms with Gasteiger partial charge in [-0.3, -0.25) is 9.46 Å². The Kier molecular flexibility index (Phi) is 4.50. The van der Waals surface area contributed by atoms with E-state index in [1.54, 1.807) is 12.3 Å². The lowest BCUT2D eigenvalue weighted by Crippen LogP contribution is -2.96. The number of aromatic nitrogens is 3. The average Bonchev–Trinajstić information content (AvgIpc) is 3.34. The minimum Gasteiger partial charge on any atom is -0.623 e. The number of carbonyl (C=O) groups is 1. The molecule has 0 spiro atoms. The van der Waals surface area contributed by atoms with E-state index in [0.29, 0.717) is 23.7 Å². The molecule has 0 aromatic carbocycles. The van der Waals surface area contributed by atoms with Gasteiger partial charge in [-0.25, -0.2) is 9.78 Å². The lowest BCUT2D eigenvalue weighted by molar-refractivity contribution is -0.713. The number of quaternary nitrogens is 1. The highest BCUT2D eigenvalue weighted by Crippen LogP contribution is 2.36. The van der Waals surface area contributed by atoms with Gasteiger partial charge in [-0.2, -0.15) is 18.2 Å². The molecule has 0 bridgehead atoms. The van der Waals surface area contributed by atoms with Crippen LogP contribution in [-0.4, -0.2) is 51.1 Å². The maximum atomic E-state index is 12.4. The van der Waals surface area contributed by atoms with Gasteiger partial charge in [-0.05, 0) is 5.92 Å². The molecule has 2 aromatic rings. The summed E-state index contributed by atoms with van der Waals surface area (Å²) in [4.78, 5) is 22.1. The lowest BCUT2D eigenvalue weighted by Gasteiger charge is -2.18. The maximum absolute atomic E-state index is 12.4. The molecule has 2 aliphatic heterocycles. The van der Waals surface area contributed by atoms with Crippen LogP contribution >= 0.6 is 0 Å². The summed E-state index contributed by atoms with van der Waals surface area (Å²) >= 11 is 0. The van der Waals surface area contributed by atoms with Crippen LogP contribution in [0.4, 0.5) is 23.8 Å². The lowest BCUT2D eigenvalue weighted by atomic mass is 9.91. The number of carbonyl (C=O) groups excluding carboxylic acids is 1. The molecule has 2 amide bonds. The topological polar surface area (TPSA) is 90.0 Å². The van der Waals surface area contributed by atoms with E-state index in [9.17, 15) is 23.2 Å². The summed E-state index contributed by atoms with van der Waals surface area (Å²) in [6.07, 6.45) is 2.65. The molecule has 0 aliphatic carbocycles. The van der Waals surface area contributed by atoms with E-state index >= 15 is 0 Å². The van der Waals surface area contributed by atoms with Gasteiger partial charge in [0.1, 0.15) is 18.4 Å². The summed E-state index contributed by atoms with van der Waals surface area (Å²) in [5.41, 5.74) is 2.05. The second-order valence-electron chi connectivity index (χ2n) is 7.02. The molecule has 1 unspecified atom stereocenters. The van der Waals surface area contributed by atoms with Crippen molar-refractivity contribution in [2.75, 3.05) is 19.6 Å². The molecule has 0 radical (unpaired) electrons. The van der Waals surface area contributed by atoms with E-state index in [4.69, 9.17) is 0 Å². The predicted molar refractivity (Wildman–Crippen MR) is 93.6 cm³/mol. The van der Waals surface area contributed by atoms with Gasteiger partial charge in [-0.15, -0.1) is 0 Å². The van der Waals surface area contributed by atoms with Crippen LogP contribution in [0.5, 0.6) is 0 Å². The summed E-state index contributed by atoms with van der Waals surface area (Å²) in [6.45, 7) is 1.27. The van der Waals surface area contributed by atoms with Crippen LogP contribution in [0.3, 0.4) is 0 Å². The number of halogens is 3. The normalized spacial score (nSPS) is 24.2. The monoisotopic (exact) mass is 396 g/mol. The first-order chi connectivity index (χ1) is 13.3. The molecule has 4 rings (SSSR count). The molecular formula is C17H19F3N6O2. The number of nitrogens with zero attached hydrogens (tertiary/aromatic N) is 4. The Hall–Kier alpha value is -2.66. The highest BCUT2D eigenvalue weighted by Gasteiger charge is 2.38. The number of fused-ring (bicyclic) bond motifs is 3. The first-order valence-electron chi connectivity index (χ1n) is 8.96. The van der Waals surface area contributed by atoms with Crippen molar-refractivity contribution in [3.8, 4) is 0 Å². The van der Waals surface area contributed by atoms with Crippen LogP contribution in [0.2, 0.25) is 0 Å². The number of hydrogen-bond acceptors (Lipinski definition) is 4. The van der Waals surface area contributed by atoms with Gasteiger partial charge in [0.05, 0.1) is 6.20 Å². The van der Waals surface area contributed by atoms with Gasteiger partial charge in [-0.1, -0.05) is 13.3 Å². The zero-order valence-electron chi connectivity index (χ0n) is 15.0. The van der Waals surface area contributed by atoms with Crippen LogP contribution in [0.1, 0.15) is 30.7 Å². The molecule has 4 heterocycles. The van der Waals surface area contributed by atoms with E-state index in [-0.39, 0.29) is 23.4 Å². The fraction of sp³-hybridized carbons (Fsp3) is 0.471. The van der Waals surface area contributed by atoms with Crippen molar-refractivity contribution in [2.24, 2.45) is 5.92 Å². The van der Waals surface area contributed by atoms with Gasteiger partial charge in [0, 0.05) is 37.0 Å². The zero-order chi connectivity index (χ0) is 20.1. The molecule has 1 saturated heterocycles. The molecule has 3 atom stereocenters. The Balaban J connectivity index is 1.62. The predicted octanol–water partition coefficient (Wildman–Crippen LogP) is 1.43. The Bertz CT molecular complexity index is 941. The maximum Gasteiger partial charge on any atom is 0.405 e. The summed E-state index contributed by atoms with van der Waals surface area (Å²) in [7, 11) is 0. The summed E-state index contributed by atoms with van der Waals surface area (Å²) in [6, 6.07) is -0.728. The molecule has 150 valence electrons. The van der Waals surface area contributed by atoms with E-state index < -0.39 is 18.8 Å². The Labute approximate surface area is 158 Å². The summed E-state index contributed by atoms with van der Waals surface area (Å²) in [5, 5.41) is 13.7. The fourth-order valence-corrected chi connectivity index (χ4v) is 3.94. The van der Waals surface area contributed by atoms with E-state index in [1.807, 2.05) is 16.6 Å². The summed E-state index contributed by atoms with van der Waals surface area (Å²) in [5.74, 6) is 0.311. The van der Waals surface area contributed by atoms with Crippen molar-refractivity contribution in [3.05, 3.63) is 35.2 Å². The largest absolute Gasteiger partial charge is 0.623 e. The molecular weight excluding hydrogens is 377 g/mol. The Morgan fingerprint density at radius 2 is 2.14 bits per heavy atom. The van der Waals surface area contributed by atoms with E-state index in [1.165, 1.54) is 17.3 Å². The second kappa shape index (κ2) is 6.74. The number of urea groups is 1. The van der Waals surface area contributed by atoms with Gasteiger partial charge in [0.15, 0.2) is 5.65 Å². The molecule has 2 N–H and O–H groups in total. The Morgan fingerprint density at radius 1 is 1.36 bits per heavy atom. The highest BCUT2D eigenvalue weighted by molar-refractivity contribution is 5.74. The quantitative estimate of drug-likeness (QED) is 0.768. The molecule has 2 aromatic heterocycles. The van der Waals surface area contributed by atoms with Gasteiger partial charge >= 0.3 is 12.2 Å². The molecule has 2 aliphatic rings. The molecule has 1 fully saturated rings. The van der Waals surface area contributed by atoms with Crippen LogP contribution in [0.25, 0.3) is 11.7 Å². The van der Waals surface area contributed by atoms with Gasteiger partial charge in [0.2, 0.25) is 0 Å². The Morgan fingerprint density at radius 3 is 2.86 bits per heavy atom. The smallest absolute Gasteiger partial charge is 0.405 e. The molecule has 8 nitrogen and oxygen atoms in total. The number of alkyl halides is 3. The highest BCUT2D eigenvalue weighted by atomic mass is 19.4. The van der Waals surface area contributed by atoms with Crippen molar-refractivity contribution in [1.82, 2.24) is 24.6 Å². The number of rotatable bonds is 3. The number of imidazole rings is 1. The number of nitrogens with one attached hydrogen (secondary N) is 2. The third kappa shape index (κ3) is 3.20. The number of hydroxylamine groups is 1. The van der Waals surface area contributed by atoms with Gasteiger partial charge in [0.25, 0.3) is 5.82 Å². The average molecular weight is 396 g/mol. The van der Waals surface area contributed by atoms with Crippen LogP contribution in [0.15, 0.2) is 18.6 Å². The fourth-order valence-electron chi connectivity index (χ4n) is 3.94. The third-order valence-electron chi connectivity index (χ3n) is 5.31. The van der Waals surface area contributed by atoms with Crippen LogP contribution in [-0.2, 0) is 0 Å².